The monoisotopic (exact) mass is 227 g/mol. The van der Waals surface area contributed by atoms with Crippen molar-refractivity contribution < 1.29 is 4.79 Å². The molecular weight excluding hydrogens is 210 g/mol. The smallest absolute Gasteiger partial charge is 0.234 e. The van der Waals surface area contributed by atoms with Gasteiger partial charge in [0, 0.05) is 11.1 Å². The Labute approximate surface area is 94.5 Å². The summed E-state index contributed by atoms with van der Waals surface area (Å²) < 4.78 is 3.97. The standard InChI is InChI=1S/C10H17N3OS/c1-3-6-13(2)8-10(14)11-7-9-4-5-12-15-9/h4-5H,3,6-8H2,1-2H3,(H,11,14). The predicted molar refractivity (Wildman–Crippen MR) is 61.7 cm³/mol. The van der Waals surface area contributed by atoms with Crippen LogP contribution in [0.3, 0.4) is 0 Å². The van der Waals surface area contributed by atoms with Crippen LogP contribution in [-0.2, 0) is 11.3 Å². The first kappa shape index (κ1) is 12.1. The highest BCUT2D eigenvalue weighted by molar-refractivity contribution is 7.05. The second-order valence-electron chi connectivity index (χ2n) is 3.49. The third-order valence-electron chi connectivity index (χ3n) is 1.97. The topological polar surface area (TPSA) is 45.2 Å². The first-order valence-electron chi connectivity index (χ1n) is 5.07. The number of carbonyl (C=O) groups is 1. The molecule has 5 heteroatoms. The molecule has 0 aromatic carbocycles. The van der Waals surface area contributed by atoms with Gasteiger partial charge < -0.3 is 5.32 Å². The summed E-state index contributed by atoms with van der Waals surface area (Å²) in [6.45, 7) is 4.11. The lowest BCUT2D eigenvalue weighted by molar-refractivity contribution is -0.122. The average molecular weight is 227 g/mol. The SMILES string of the molecule is CCCN(C)CC(=O)NCc1ccns1. The van der Waals surface area contributed by atoms with E-state index in [1.807, 2.05) is 18.0 Å². The van der Waals surface area contributed by atoms with Crippen LogP contribution in [0.1, 0.15) is 18.2 Å². The van der Waals surface area contributed by atoms with Gasteiger partial charge in [0.1, 0.15) is 0 Å². The number of amides is 1. The predicted octanol–water partition coefficient (Wildman–Crippen LogP) is 1.10. The molecule has 0 aliphatic carbocycles. The fourth-order valence-corrected chi connectivity index (χ4v) is 1.80. The molecule has 1 heterocycles. The Morgan fingerprint density at radius 1 is 1.67 bits per heavy atom. The van der Waals surface area contributed by atoms with Gasteiger partial charge >= 0.3 is 0 Å². The lowest BCUT2D eigenvalue weighted by atomic mass is 10.4. The maximum atomic E-state index is 11.5. The van der Waals surface area contributed by atoms with Gasteiger partial charge in [0.2, 0.25) is 5.91 Å². The number of likely N-dealkylation sites (N-methyl/N-ethyl adjacent to an activating group) is 1. The van der Waals surface area contributed by atoms with Crippen LogP contribution >= 0.6 is 11.5 Å². The summed E-state index contributed by atoms with van der Waals surface area (Å²) in [6.07, 6.45) is 2.81. The number of nitrogens with one attached hydrogen (secondary N) is 1. The van der Waals surface area contributed by atoms with Gasteiger partial charge in [0.15, 0.2) is 0 Å². The quantitative estimate of drug-likeness (QED) is 0.791. The lowest BCUT2D eigenvalue weighted by Gasteiger charge is -2.14. The zero-order chi connectivity index (χ0) is 11.1. The summed E-state index contributed by atoms with van der Waals surface area (Å²) in [5.41, 5.74) is 0. The summed E-state index contributed by atoms with van der Waals surface area (Å²) in [4.78, 5) is 14.6. The van der Waals surface area contributed by atoms with Crippen LogP contribution in [0.2, 0.25) is 0 Å². The van der Waals surface area contributed by atoms with E-state index in [2.05, 4.69) is 16.6 Å². The van der Waals surface area contributed by atoms with Crippen molar-refractivity contribution in [2.75, 3.05) is 20.1 Å². The third-order valence-corrected chi connectivity index (χ3v) is 2.71. The van der Waals surface area contributed by atoms with Gasteiger partial charge in [-0.2, -0.15) is 0 Å². The van der Waals surface area contributed by atoms with Crippen LogP contribution in [0.4, 0.5) is 0 Å². The largest absolute Gasteiger partial charge is 0.350 e. The molecule has 1 aromatic rings. The van der Waals surface area contributed by atoms with Gasteiger partial charge in [0.25, 0.3) is 0 Å². The molecule has 1 aromatic heterocycles. The first-order chi connectivity index (χ1) is 7.22. The van der Waals surface area contributed by atoms with E-state index in [-0.39, 0.29) is 5.91 Å². The highest BCUT2D eigenvalue weighted by Gasteiger charge is 2.05. The van der Waals surface area contributed by atoms with Crippen molar-refractivity contribution in [3.63, 3.8) is 0 Å². The minimum atomic E-state index is 0.0688. The molecule has 15 heavy (non-hydrogen) atoms. The van der Waals surface area contributed by atoms with E-state index in [9.17, 15) is 4.79 Å². The summed E-state index contributed by atoms with van der Waals surface area (Å²) in [6, 6.07) is 1.92. The second-order valence-corrected chi connectivity index (χ2v) is 4.41. The molecule has 0 saturated carbocycles. The van der Waals surface area contributed by atoms with E-state index in [0.29, 0.717) is 13.1 Å². The van der Waals surface area contributed by atoms with Crippen molar-refractivity contribution in [2.45, 2.75) is 19.9 Å². The van der Waals surface area contributed by atoms with Crippen molar-refractivity contribution in [1.29, 1.82) is 0 Å². The van der Waals surface area contributed by atoms with Crippen LogP contribution < -0.4 is 5.32 Å². The van der Waals surface area contributed by atoms with E-state index in [1.54, 1.807) is 6.20 Å². The molecule has 0 saturated heterocycles. The van der Waals surface area contributed by atoms with Gasteiger partial charge in [-0.25, -0.2) is 4.37 Å². The van der Waals surface area contributed by atoms with Crippen molar-refractivity contribution >= 4 is 17.4 Å². The van der Waals surface area contributed by atoms with Crippen LogP contribution in [0.15, 0.2) is 12.3 Å². The Kier molecular flexibility index (Phi) is 5.28. The summed E-state index contributed by atoms with van der Waals surface area (Å²) >= 11 is 1.42. The van der Waals surface area contributed by atoms with Crippen LogP contribution in [0, 0.1) is 0 Å². The third kappa shape index (κ3) is 4.90. The van der Waals surface area contributed by atoms with Crippen molar-refractivity contribution in [3.8, 4) is 0 Å². The van der Waals surface area contributed by atoms with E-state index in [1.165, 1.54) is 11.5 Å². The zero-order valence-electron chi connectivity index (χ0n) is 9.19. The molecule has 0 aliphatic heterocycles. The molecule has 0 unspecified atom stereocenters. The molecule has 4 nitrogen and oxygen atoms in total. The van der Waals surface area contributed by atoms with Crippen molar-refractivity contribution in [2.24, 2.45) is 0 Å². The Bertz CT molecular complexity index is 287. The van der Waals surface area contributed by atoms with Gasteiger partial charge in [0.05, 0.1) is 13.1 Å². The molecule has 0 spiro atoms. The number of hydrogen-bond donors (Lipinski definition) is 1. The summed E-state index contributed by atoms with van der Waals surface area (Å²) in [7, 11) is 1.95. The van der Waals surface area contributed by atoms with E-state index in [0.717, 1.165) is 17.8 Å². The van der Waals surface area contributed by atoms with Crippen LogP contribution in [0.25, 0.3) is 0 Å². The molecule has 1 amide bonds. The summed E-state index contributed by atoms with van der Waals surface area (Å²) in [5, 5.41) is 2.86. The fraction of sp³-hybridized carbons (Fsp3) is 0.600. The van der Waals surface area contributed by atoms with Crippen molar-refractivity contribution in [3.05, 3.63) is 17.1 Å². The minimum absolute atomic E-state index is 0.0688. The fourth-order valence-electron chi connectivity index (χ4n) is 1.28. The molecule has 0 radical (unpaired) electrons. The Hall–Kier alpha value is -0.940. The molecule has 84 valence electrons. The van der Waals surface area contributed by atoms with Crippen LogP contribution in [0.5, 0.6) is 0 Å². The number of aromatic nitrogens is 1. The van der Waals surface area contributed by atoms with E-state index >= 15 is 0 Å². The highest BCUT2D eigenvalue weighted by Crippen LogP contribution is 2.02. The Morgan fingerprint density at radius 3 is 3.07 bits per heavy atom. The lowest BCUT2D eigenvalue weighted by Crippen LogP contribution is -2.34. The maximum Gasteiger partial charge on any atom is 0.234 e. The summed E-state index contributed by atoms with van der Waals surface area (Å²) in [5.74, 6) is 0.0688. The minimum Gasteiger partial charge on any atom is -0.350 e. The Morgan fingerprint density at radius 2 is 2.47 bits per heavy atom. The number of rotatable bonds is 6. The molecule has 0 atom stereocenters. The average Bonchev–Trinajstić information content (AvgIpc) is 2.67. The second kappa shape index (κ2) is 6.53. The van der Waals surface area contributed by atoms with Gasteiger partial charge in [-0.05, 0) is 37.6 Å². The van der Waals surface area contributed by atoms with Gasteiger partial charge in [-0.1, -0.05) is 6.92 Å². The normalized spacial score (nSPS) is 10.6. The number of hydrogen-bond acceptors (Lipinski definition) is 4. The van der Waals surface area contributed by atoms with E-state index in [4.69, 9.17) is 0 Å². The highest BCUT2D eigenvalue weighted by atomic mass is 32.1. The van der Waals surface area contributed by atoms with Crippen LogP contribution in [-0.4, -0.2) is 35.3 Å². The molecule has 0 aliphatic rings. The first-order valence-corrected chi connectivity index (χ1v) is 5.84. The van der Waals surface area contributed by atoms with E-state index < -0.39 is 0 Å². The van der Waals surface area contributed by atoms with Crippen molar-refractivity contribution in [1.82, 2.24) is 14.6 Å². The van der Waals surface area contributed by atoms with Gasteiger partial charge in [-0.15, -0.1) is 0 Å². The Balaban J connectivity index is 2.19. The van der Waals surface area contributed by atoms with Gasteiger partial charge in [-0.3, -0.25) is 9.69 Å². The number of nitrogens with zero attached hydrogens (tertiary/aromatic N) is 2. The molecule has 1 rings (SSSR count). The molecule has 0 bridgehead atoms. The molecule has 1 N–H and O–H groups in total. The maximum absolute atomic E-state index is 11.5. The zero-order valence-corrected chi connectivity index (χ0v) is 10.0. The number of carbonyl (C=O) groups excluding carboxylic acids is 1. The molecular formula is C10H17N3OS. The molecule has 0 fully saturated rings.